The van der Waals surface area contributed by atoms with Crippen LogP contribution in [0.4, 0.5) is 11.6 Å². The van der Waals surface area contributed by atoms with Gasteiger partial charge in [-0.1, -0.05) is 12.2 Å². The van der Waals surface area contributed by atoms with Crippen LogP contribution in [0.2, 0.25) is 0 Å². The standard InChI is InChI=1S/C26H32N8O6/c27-21-17(35)11-5-25-15-19(25)31-9-33-23(15)29-3-1-2-4-30-24-16-20(32-10-34-24)26(16,38-8-14(11)40-21)6-12-13(7-37-25)39-22(28)18(12)36/h1-2,9-14,17-18,21-22,35-36H,3-8,27-28H2,(H,29,31,33)(H,30,32,34)/b2-1+/t11-,12-,13-,14-,17-,18-,21-,22-,25?,26?/m1/s1. The molecule has 14 nitrogen and oxygen atoms in total. The quantitative estimate of drug-likeness (QED) is 0.209. The van der Waals surface area contributed by atoms with Gasteiger partial charge in [-0.25, -0.2) is 19.9 Å². The number of aliphatic hydroxyl groups excluding tert-OH is 2. The van der Waals surface area contributed by atoms with Crippen LogP contribution in [0.3, 0.4) is 0 Å². The molecule has 10 atom stereocenters. The first kappa shape index (κ1) is 24.9. The van der Waals surface area contributed by atoms with Crippen LogP contribution in [0.25, 0.3) is 0 Å². The third-order valence-electron chi connectivity index (χ3n) is 9.29. The predicted molar refractivity (Wildman–Crippen MR) is 138 cm³/mol. The first-order valence-electron chi connectivity index (χ1n) is 13.7. The third-order valence-corrected chi connectivity index (χ3v) is 9.29. The van der Waals surface area contributed by atoms with E-state index in [1.165, 1.54) is 12.7 Å². The number of nitrogens with one attached hydrogen (secondary N) is 2. The lowest BCUT2D eigenvalue weighted by Crippen LogP contribution is -2.40. The van der Waals surface area contributed by atoms with Crippen molar-refractivity contribution < 1.29 is 29.2 Å². The van der Waals surface area contributed by atoms with Gasteiger partial charge in [-0.3, -0.25) is 0 Å². The monoisotopic (exact) mass is 552 g/mol. The summed E-state index contributed by atoms with van der Waals surface area (Å²) in [6.45, 7) is 1.34. The molecule has 3 fully saturated rings. The molecule has 0 saturated carbocycles. The molecule has 2 spiro atoms. The van der Waals surface area contributed by atoms with Crippen LogP contribution in [0, 0.1) is 11.8 Å². The van der Waals surface area contributed by atoms with E-state index in [4.69, 9.17) is 30.4 Å². The van der Waals surface area contributed by atoms with E-state index in [0.29, 0.717) is 37.6 Å². The summed E-state index contributed by atoms with van der Waals surface area (Å²) in [4.78, 5) is 18.1. The maximum atomic E-state index is 11.1. The summed E-state index contributed by atoms with van der Waals surface area (Å²) in [6, 6.07) is 0. The van der Waals surface area contributed by atoms with Crippen molar-refractivity contribution in [2.75, 3.05) is 36.9 Å². The average Bonchev–Trinajstić information content (AvgIpc) is 3.74. The predicted octanol–water partition coefficient (Wildman–Crippen LogP) is -1.38. The van der Waals surface area contributed by atoms with Gasteiger partial charge in [-0.05, 0) is 12.8 Å². The van der Waals surface area contributed by atoms with Gasteiger partial charge in [0.2, 0.25) is 0 Å². The fourth-order valence-electron chi connectivity index (χ4n) is 7.12. The molecule has 2 aromatic heterocycles. The number of aromatic nitrogens is 4. The van der Waals surface area contributed by atoms with Crippen molar-refractivity contribution in [3.63, 3.8) is 0 Å². The molecule has 14 heteroatoms. The van der Waals surface area contributed by atoms with E-state index in [9.17, 15) is 10.2 Å². The molecule has 2 bridgehead atoms. The summed E-state index contributed by atoms with van der Waals surface area (Å²) in [5.41, 5.74) is 13.7. The second-order valence-electron chi connectivity index (χ2n) is 11.4. The van der Waals surface area contributed by atoms with Crippen molar-refractivity contribution in [2.45, 2.75) is 60.9 Å². The van der Waals surface area contributed by atoms with Gasteiger partial charge in [-0.2, -0.15) is 0 Å². The number of ether oxygens (including phenoxy) is 4. The van der Waals surface area contributed by atoms with Gasteiger partial charge in [0.15, 0.2) is 0 Å². The van der Waals surface area contributed by atoms with Crippen LogP contribution >= 0.6 is 0 Å². The molecule has 7 heterocycles. The van der Waals surface area contributed by atoms with Gasteiger partial charge in [0, 0.05) is 24.9 Å². The van der Waals surface area contributed by atoms with Crippen LogP contribution < -0.4 is 22.1 Å². The van der Waals surface area contributed by atoms with Crippen molar-refractivity contribution >= 4 is 11.6 Å². The number of rotatable bonds is 0. The van der Waals surface area contributed by atoms with E-state index in [1.54, 1.807) is 0 Å². The van der Waals surface area contributed by atoms with E-state index >= 15 is 0 Å². The zero-order chi connectivity index (χ0) is 27.2. The smallest absolute Gasteiger partial charge is 0.141 e. The molecular formula is C26H32N8O6. The highest BCUT2D eigenvalue weighted by molar-refractivity contribution is 5.67. The van der Waals surface area contributed by atoms with Gasteiger partial charge < -0.3 is 51.3 Å². The van der Waals surface area contributed by atoms with Crippen LogP contribution in [-0.4, -0.2) is 93.3 Å². The van der Waals surface area contributed by atoms with E-state index in [1.807, 2.05) is 12.2 Å². The summed E-state index contributed by atoms with van der Waals surface area (Å²) in [5, 5.41) is 29.0. The second-order valence-corrected chi connectivity index (χ2v) is 11.4. The van der Waals surface area contributed by atoms with Crippen molar-refractivity contribution in [3.8, 4) is 0 Å². The molecule has 5 aliphatic heterocycles. The Bertz CT molecular complexity index is 1280. The molecule has 2 aliphatic carbocycles. The molecule has 8 N–H and O–H groups in total. The fraction of sp³-hybridized carbons (Fsp3) is 0.615. The van der Waals surface area contributed by atoms with Gasteiger partial charge in [-0.15, -0.1) is 0 Å². The summed E-state index contributed by atoms with van der Waals surface area (Å²) >= 11 is 0. The fourth-order valence-corrected chi connectivity index (χ4v) is 7.12. The first-order valence-corrected chi connectivity index (χ1v) is 13.7. The largest absolute Gasteiger partial charge is 0.389 e. The van der Waals surface area contributed by atoms with E-state index < -0.39 is 59.9 Å². The lowest BCUT2D eigenvalue weighted by atomic mass is 9.87. The molecular weight excluding hydrogens is 520 g/mol. The number of fused-ring (bicyclic) bond motifs is 6. The van der Waals surface area contributed by atoms with Gasteiger partial charge in [0.25, 0.3) is 0 Å². The molecule has 0 amide bonds. The lowest BCUT2D eigenvalue weighted by molar-refractivity contribution is -0.112. The highest BCUT2D eigenvalue weighted by Crippen LogP contribution is 2.61. The minimum absolute atomic E-state index is 0.134. The first-order chi connectivity index (χ1) is 19.4. The van der Waals surface area contributed by atoms with Crippen molar-refractivity contribution in [3.05, 3.63) is 47.3 Å². The van der Waals surface area contributed by atoms with Gasteiger partial charge in [0.1, 0.15) is 47.9 Å². The van der Waals surface area contributed by atoms with Crippen LogP contribution in [0.5, 0.6) is 0 Å². The number of nitrogens with zero attached hydrogens (tertiary/aromatic N) is 4. The van der Waals surface area contributed by atoms with Crippen LogP contribution in [-0.2, 0) is 30.1 Å². The number of aliphatic hydroxyl groups is 2. The highest BCUT2D eigenvalue weighted by Gasteiger charge is 2.64. The van der Waals surface area contributed by atoms with Crippen LogP contribution in [0.15, 0.2) is 24.8 Å². The second kappa shape index (κ2) is 8.84. The summed E-state index contributed by atoms with van der Waals surface area (Å²) in [6.07, 6.45) is 3.05. The molecule has 0 aromatic carbocycles. The van der Waals surface area contributed by atoms with Crippen LogP contribution in [0.1, 0.15) is 35.4 Å². The maximum absolute atomic E-state index is 11.1. The van der Waals surface area contributed by atoms with E-state index in [2.05, 4.69) is 30.6 Å². The Labute approximate surface area is 229 Å². The molecule has 2 aromatic rings. The zero-order valence-corrected chi connectivity index (χ0v) is 21.6. The van der Waals surface area contributed by atoms with E-state index in [-0.39, 0.29) is 13.2 Å². The number of hydrogen-bond acceptors (Lipinski definition) is 14. The van der Waals surface area contributed by atoms with Gasteiger partial charge >= 0.3 is 0 Å². The summed E-state index contributed by atoms with van der Waals surface area (Å²) < 4.78 is 25.5. The van der Waals surface area contributed by atoms with Crippen molar-refractivity contribution in [1.29, 1.82) is 0 Å². The number of anilines is 2. The molecule has 212 valence electrons. The normalized spacial score (nSPS) is 43.8. The Kier molecular flexibility index (Phi) is 5.51. The maximum Gasteiger partial charge on any atom is 0.141 e. The molecule has 2 unspecified atom stereocenters. The minimum Gasteiger partial charge on any atom is -0.389 e. The highest BCUT2D eigenvalue weighted by atomic mass is 16.6. The Morgan fingerprint density at radius 2 is 1.18 bits per heavy atom. The average molecular weight is 553 g/mol. The zero-order valence-electron chi connectivity index (χ0n) is 21.6. The minimum atomic E-state index is -0.941. The number of nitrogens with two attached hydrogens (primary N) is 2. The SMILES string of the molecule is N[C@@H]1O[C@@H]2COC34C[C@H]5[C@@H](O)[C@H](N)O[C@@H]5COC5(C[C@H]2[C@H]1O)c1ncnc(c15)NC/C=C/CNc1ncnc3c14. The Morgan fingerprint density at radius 1 is 0.725 bits per heavy atom. The third kappa shape index (κ3) is 3.51. The van der Waals surface area contributed by atoms with Crippen molar-refractivity contribution in [2.24, 2.45) is 23.3 Å². The lowest BCUT2D eigenvalue weighted by Gasteiger charge is -2.32. The molecule has 0 radical (unpaired) electrons. The Hall–Kier alpha value is -2.82. The Morgan fingerprint density at radius 3 is 1.62 bits per heavy atom. The molecule has 3 saturated heterocycles. The Balaban J connectivity index is 1.26. The summed E-state index contributed by atoms with van der Waals surface area (Å²) in [5.74, 6) is 0.492. The molecule has 40 heavy (non-hydrogen) atoms. The van der Waals surface area contributed by atoms with Gasteiger partial charge in [0.05, 0.1) is 60.1 Å². The van der Waals surface area contributed by atoms with E-state index in [0.717, 1.165) is 22.5 Å². The van der Waals surface area contributed by atoms with Crippen molar-refractivity contribution in [1.82, 2.24) is 19.9 Å². The number of hydrogen-bond donors (Lipinski definition) is 6. The topological polar surface area (TPSA) is 205 Å². The summed E-state index contributed by atoms with van der Waals surface area (Å²) in [7, 11) is 0. The molecule has 7 aliphatic rings. The molecule has 9 rings (SSSR count).